The molecule has 2 atom stereocenters. The highest BCUT2D eigenvalue weighted by atomic mass is 31.2. The molecule has 230 valence electrons. The Morgan fingerprint density at radius 3 is 2.08 bits per heavy atom. The molecule has 0 aliphatic rings. The number of aromatic nitrogens is 4. The van der Waals surface area contributed by atoms with Crippen LogP contribution in [0, 0.1) is 0 Å². The predicted octanol–water partition coefficient (Wildman–Crippen LogP) is 6.44. The largest absolute Gasteiger partial charge is 0.382 e. The predicted molar refractivity (Wildman–Crippen MR) is 161 cm³/mol. The first-order valence-corrected chi connectivity index (χ1v) is 17.0. The van der Waals surface area contributed by atoms with Crippen molar-refractivity contribution in [2.75, 3.05) is 37.6 Å². The zero-order valence-electron chi connectivity index (χ0n) is 24.8. The van der Waals surface area contributed by atoms with Gasteiger partial charge in [0, 0.05) is 13.2 Å². The molecule has 0 aromatic carbocycles. The van der Waals surface area contributed by atoms with Gasteiger partial charge in [-0.2, -0.15) is 9.97 Å². The maximum Gasteiger partial charge on any atom is 0.353 e. The molecular formula is C28H53N6O5P. The molecule has 2 rings (SSSR count). The first-order chi connectivity index (χ1) is 19.3. The van der Waals surface area contributed by atoms with Crippen molar-refractivity contribution in [2.45, 2.75) is 123 Å². The lowest BCUT2D eigenvalue weighted by atomic mass is 10.0. The Morgan fingerprint density at radius 2 is 1.45 bits per heavy atom. The lowest BCUT2D eigenvalue weighted by Crippen LogP contribution is -2.18. The molecular weight excluding hydrogens is 531 g/mol. The van der Waals surface area contributed by atoms with Crippen LogP contribution in [0.3, 0.4) is 0 Å². The molecule has 0 fully saturated rings. The number of nitrogens with zero attached hydrogens (tertiary/aromatic N) is 4. The number of anilines is 2. The number of fused-ring (bicyclic) bond motifs is 1. The van der Waals surface area contributed by atoms with E-state index in [2.05, 4.69) is 21.9 Å². The fourth-order valence-electron chi connectivity index (χ4n) is 4.57. The van der Waals surface area contributed by atoms with Gasteiger partial charge in [-0.25, -0.2) is 4.98 Å². The summed E-state index contributed by atoms with van der Waals surface area (Å²) in [6.45, 7) is 5.78. The molecule has 0 radical (unpaired) electrons. The van der Waals surface area contributed by atoms with E-state index in [1.165, 1.54) is 83.5 Å². The van der Waals surface area contributed by atoms with E-state index in [1.54, 1.807) is 17.8 Å². The Hall–Kier alpha value is -1.78. The maximum absolute atomic E-state index is 12.3. The van der Waals surface area contributed by atoms with Gasteiger partial charge in [0.15, 0.2) is 11.5 Å². The fourth-order valence-corrected chi connectivity index (χ4v) is 5.51. The minimum absolute atomic E-state index is 0.0529. The van der Waals surface area contributed by atoms with E-state index in [1.807, 2.05) is 0 Å². The third kappa shape index (κ3) is 14.7. The zero-order valence-corrected chi connectivity index (χ0v) is 25.7. The summed E-state index contributed by atoms with van der Waals surface area (Å²) in [5.41, 5.74) is 12.4. The van der Waals surface area contributed by atoms with Crippen molar-refractivity contribution in [2.24, 2.45) is 0 Å². The second-order valence-electron chi connectivity index (χ2n) is 10.7. The van der Waals surface area contributed by atoms with Gasteiger partial charge in [-0.3, -0.25) is 4.57 Å². The molecule has 0 spiro atoms. The van der Waals surface area contributed by atoms with Gasteiger partial charge in [0.1, 0.15) is 11.9 Å². The molecule has 11 nitrogen and oxygen atoms in total. The molecule has 0 aliphatic carbocycles. The van der Waals surface area contributed by atoms with Crippen LogP contribution in [-0.4, -0.2) is 56.7 Å². The smallest absolute Gasteiger partial charge is 0.353 e. The van der Waals surface area contributed by atoms with Gasteiger partial charge >= 0.3 is 7.60 Å². The third-order valence-electron chi connectivity index (χ3n) is 6.85. The van der Waals surface area contributed by atoms with Gasteiger partial charge in [-0.15, -0.1) is 0 Å². The van der Waals surface area contributed by atoms with Gasteiger partial charge in [0.25, 0.3) is 0 Å². The Balaban J connectivity index is 1.40. The number of rotatable bonds is 25. The number of imidazole rings is 1. The summed E-state index contributed by atoms with van der Waals surface area (Å²) >= 11 is 0. The highest BCUT2D eigenvalue weighted by Gasteiger charge is 2.22. The van der Waals surface area contributed by atoms with Crippen LogP contribution >= 0.6 is 7.60 Å². The van der Waals surface area contributed by atoms with Crippen LogP contribution in [0.4, 0.5) is 11.8 Å². The molecule has 0 saturated carbocycles. The summed E-state index contributed by atoms with van der Waals surface area (Å²) in [5.74, 6) is 0.254. The average Bonchev–Trinajstić information content (AvgIpc) is 3.31. The van der Waals surface area contributed by atoms with Crippen LogP contribution < -0.4 is 11.5 Å². The molecule has 12 heteroatoms. The standard InChI is InChI=1S/C28H53N6O5P/c1-3-4-5-6-7-8-9-10-11-12-13-14-15-16-18-37-19-17-20-39-40(35,36)23-38-24(2)21-34-22-31-25-26(29)32-28(30)33-27(25)34/h22,24H,3-21,23H2,1-2H3,(H,35,36)(H4,29,30,32,33)/t24-/m1/s1. The molecule has 2 heterocycles. The van der Waals surface area contributed by atoms with Crippen LogP contribution in [0.5, 0.6) is 0 Å². The lowest BCUT2D eigenvalue weighted by molar-refractivity contribution is 0.0688. The van der Waals surface area contributed by atoms with Crippen LogP contribution in [0.1, 0.15) is 110 Å². The molecule has 40 heavy (non-hydrogen) atoms. The number of hydrogen-bond acceptors (Lipinski definition) is 9. The first-order valence-electron chi connectivity index (χ1n) is 15.2. The molecule has 2 aromatic heterocycles. The monoisotopic (exact) mass is 584 g/mol. The number of ether oxygens (including phenoxy) is 2. The Labute approximate surface area is 240 Å². The van der Waals surface area contributed by atoms with Crippen LogP contribution in [0.25, 0.3) is 11.2 Å². The average molecular weight is 585 g/mol. The zero-order chi connectivity index (χ0) is 29.1. The normalized spacial score (nSPS) is 14.1. The van der Waals surface area contributed by atoms with E-state index in [4.69, 9.17) is 25.5 Å². The molecule has 0 aliphatic heterocycles. The van der Waals surface area contributed by atoms with Crippen LogP contribution in [0.2, 0.25) is 0 Å². The van der Waals surface area contributed by atoms with Crippen LogP contribution in [0.15, 0.2) is 6.33 Å². The van der Waals surface area contributed by atoms with Gasteiger partial charge in [-0.05, 0) is 19.8 Å². The molecule has 0 amide bonds. The Kier molecular flexibility index (Phi) is 17.3. The van der Waals surface area contributed by atoms with Gasteiger partial charge in [0.2, 0.25) is 5.95 Å². The van der Waals surface area contributed by atoms with Crippen molar-refractivity contribution in [3.8, 4) is 0 Å². The SMILES string of the molecule is CCCCCCCCCCCCCCCCOCCCOP(=O)(O)CO[C@H](C)Cn1cnc2c(N)nc(N)nc21. The summed E-state index contributed by atoms with van der Waals surface area (Å²) in [6, 6.07) is 0. The van der Waals surface area contributed by atoms with E-state index in [9.17, 15) is 9.46 Å². The topological polar surface area (TPSA) is 161 Å². The Bertz CT molecular complexity index is 991. The van der Waals surface area contributed by atoms with E-state index in [0.29, 0.717) is 30.7 Å². The summed E-state index contributed by atoms with van der Waals surface area (Å²) in [7, 11) is -3.86. The van der Waals surface area contributed by atoms with E-state index < -0.39 is 20.0 Å². The summed E-state index contributed by atoms with van der Waals surface area (Å²) in [6.07, 6.45) is 20.0. The first kappa shape index (κ1) is 34.4. The number of hydrogen-bond donors (Lipinski definition) is 3. The maximum atomic E-state index is 12.3. The van der Waals surface area contributed by atoms with E-state index in [0.717, 1.165) is 13.0 Å². The van der Waals surface area contributed by atoms with Crippen LogP contribution in [-0.2, 0) is 25.1 Å². The molecule has 2 aromatic rings. The minimum atomic E-state index is -3.86. The lowest BCUT2D eigenvalue weighted by Gasteiger charge is -2.17. The van der Waals surface area contributed by atoms with Crippen molar-refractivity contribution >= 4 is 30.5 Å². The number of nitrogens with two attached hydrogens (primary N) is 2. The quantitative estimate of drug-likeness (QED) is 0.0874. The second kappa shape index (κ2) is 20.2. The Morgan fingerprint density at radius 1 is 0.875 bits per heavy atom. The highest BCUT2D eigenvalue weighted by Crippen LogP contribution is 2.42. The van der Waals surface area contributed by atoms with Crippen molar-refractivity contribution < 1.29 is 23.5 Å². The third-order valence-corrected chi connectivity index (χ3v) is 7.91. The fraction of sp³-hybridized carbons (Fsp3) is 0.821. The van der Waals surface area contributed by atoms with Crippen molar-refractivity contribution in [1.82, 2.24) is 19.5 Å². The molecule has 1 unspecified atom stereocenters. The summed E-state index contributed by atoms with van der Waals surface area (Å²) < 4.78 is 30.4. The highest BCUT2D eigenvalue weighted by molar-refractivity contribution is 7.52. The summed E-state index contributed by atoms with van der Waals surface area (Å²) in [4.78, 5) is 22.3. The van der Waals surface area contributed by atoms with E-state index >= 15 is 0 Å². The van der Waals surface area contributed by atoms with Crippen molar-refractivity contribution in [3.63, 3.8) is 0 Å². The van der Waals surface area contributed by atoms with Gasteiger partial charge < -0.3 is 34.9 Å². The van der Waals surface area contributed by atoms with Gasteiger partial charge in [-0.1, -0.05) is 90.4 Å². The van der Waals surface area contributed by atoms with Gasteiger partial charge in [0.05, 0.1) is 25.6 Å². The number of nitrogen functional groups attached to an aromatic ring is 2. The molecule has 0 bridgehead atoms. The molecule has 5 N–H and O–H groups in total. The van der Waals surface area contributed by atoms with Crippen molar-refractivity contribution in [3.05, 3.63) is 6.33 Å². The minimum Gasteiger partial charge on any atom is -0.382 e. The van der Waals surface area contributed by atoms with Crippen molar-refractivity contribution in [1.29, 1.82) is 0 Å². The number of unbranched alkanes of at least 4 members (excludes halogenated alkanes) is 13. The van der Waals surface area contributed by atoms with E-state index in [-0.39, 0.29) is 18.4 Å². The second-order valence-corrected chi connectivity index (χ2v) is 12.5. The summed E-state index contributed by atoms with van der Waals surface area (Å²) in [5, 5.41) is 0. The molecule has 0 saturated heterocycles.